The summed E-state index contributed by atoms with van der Waals surface area (Å²) in [6.45, 7) is 4.27. The number of carbonyl (C=O) groups excluding carboxylic acids is 1. The standard InChI is InChI=1S/C20H24N2O3/c1-3-13-10-22-9-8-16(13)20(12-23,19(24)25-2)18-15(11-22)14-6-4-5-7-17(14)21-18/h3-7,16,18,23H,8-12H2,1-2H3/b13-3+. The number of fused-ring (bicyclic) bond motifs is 3. The van der Waals surface area contributed by atoms with Crippen LogP contribution in [-0.2, 0) is 9.53 Å². The van der Waals surface area contributed by atoms with Crippen LogP contribution in [0.5, 0.6) is 0 Å². The van der Waals surface area contributed by atoms with Crippen LogP contribution >= 0.6 is 0 Å². The Labute approximate surface area is 147 Å². The number of benzene rings is 1. The van der Waals surface area contributed by atoms with Crippen LogP contribution in [-0.4, -0.2) is 55.4 Å². The lowest BCUT2D eigenvalue weighted by molar-refractivity contribution is -0.161. The minimum Gasteiger partial charge on any atom is -0.468 e. The van der Waals surface area contributed by atoms with Crippen LogP contribution in [0.15, 0.2) is 40.9 Å². The van der Waals surface area contributed by atoms with E-state index in [1.807, 2.05) is 25.1 Å². The van der Waals surface area contributed by atoms with Gasteiger partial charge in [-0.05, 0) is 31.5 Å². The van der Waals surface area contributed by atoms with Gasteiger partial charge < -0.3 is 9.84 Å². The number of hydrogen-bond acceptors (Lipinski definition) is 5. The van der Waals surface area contributed by atoms with Gasteiger partial charge in [0.25, 0.3) is 0 Å². The predicted octanol–water partition coefficient (Wildman–Crippen LogP) is 0.273. The molecule has 3 fully saturated rings. The summed E-state index contributed by atoms with van der Waals surface area (Å²) in [6, 6.07) is 7.66. The van der Waals surface area contributed by atoms with Gasteiger partial charge in [-0.25, -0.2) is 0 Å². The molecule has 1 aromatic carbocycles. The van der Waals surface area contributed by atoms with Gasteiger partial charge in [-0.3, -0.25) is 14.7 Å². The molecule has 0 aliphatic carbocycles. The highest BCUT2D eigenvalue weighted by molar-refractivity contribution is 5.83. The normalized spacial score (nSPS) is 34.8. The summed E-state index contributed by atoms with van der Waals surface area (Å²) in [5.74, 6) is -0.404. The van der Waals surface area contributed by atoms with Crippen molar-refractivity contribution in [3.8, 4) is 0 Å². The maximum atomic E-state index is 13.0. The third kappa shape index (κ3) is 2.22. The monoisotopic (exact) mass is 340 g/mol. The number of nitrogens with zero attached hydrogens (tertiary/aromatic N) is 2. The number of methoxy groups -OCH3 is 1. The van der Waals surface area contributed by atoms with Gasteiger partial charge in [-0.1, -0.05) is 29.8 Å². The van der Waals surface area contributed by atoms with E-state index in [1.165, 1.54) is 12.7 Å². The average molecular weight is 340 g/mol. The predicted molar refractivity (Wildman–Crippen MR) is 94.3 cm³/mol. The maximum Gasteiger partial charge on any atom is 0.317 e. The molecule has 0 spiro atoms. The third-order valence-corrected chi connectivity index (χ3v) is 6.14. The van der Waals surface area contributed by atoms with Crippen molar-refractivity contribution in [3.63, 3.8) is 0 Å². The van der Waals surface area contributed by atoms with Crippen molar-refractivity contribution in [2.24, 2.45) is 16.3 Å². The first kappa shape index (κ1) is 16.5. The van der Waals surface area contributed by atoms with Crippen molar-refractivity contribution in [1.82, 2.24) is 4.90 Å². The molecule has 4 aliphatic heterocycles. The molecule has 0 aromatic heterocycles. The quantitative estimate of drug-likeness (QED) is 0.620. The Morgan fingerprint density at radius 3 is 2.96 bits per heavy atom. The minimum absolute atomic E-state index is 0.0513. The molecule has 0 saturated carbocycles. The first-order valence-electron chi connectivity index (χ1n) is 8.88. The van der Waals surface area contributed by atoms with E-state index >= 15 is 0 Å². The molecule has 0 radical (unpaired) electrons. The number of aliphatic hydroxyl groups excluding tert-OH is 1. The van der Waals surface area contributed by atoms with Crippen LogP contribution in [0.25, 0.3) is 5.57 Å². The van der Waals surface area contributed by atoms with Gasteiger partial charge in [0.1, 0.15) is 5.41 Å². The summed E-state index contributed by atoms with van der Waals surface area (Å²) in [5.41, 5.74) is 1.29. The summed E-state index contributed by atoms with van der Waals surface area (Å²) < 4.78 is 5.22. The zero-order valence-electron chi connectivity index (χ0n) is 14.7. The molecule has 4 unspecified atom stereocenters. The van der Waals surface area contributed by atoms with E-state index in [0.29, 0.717) is 0 Å². The number of esters is 1. The van der Waals surface area contributed by atoms with Gasteiger partial charge in [0, 0.05) is 24.2 Å². The van der Waals surface area contributed by atoms with Crippen LogP contribution in [0.3, 0.4) is 0 Å². The fourth-order valence-corrected chi connectivity index (χ4v) is 4.92. The number of aliphatic hydroxyl groups is 1. The zero-order chi connectivity index (χ0) is 17.6. The zero-order valence-corrected chi connectivity index (χ0v) is 14.7. The van der Waals surface area contributed by atoms with E-state index in [4.69, 9.17) is 9.73 Å². The molecular formula is C20H24N2O3. The topological polar surface area (TPSA) is 62.1 Å². The maximum absolute atomic E-state index is 13.0. The van der Waals surface area contributed by atoms with Gasteiger partial charge in [0.15, 0.2) is 0 Å². The molecule has 5 heteroatoms. The van der Waals surface area contributed by atoms with E-state index in [1.54, 1.807) is 0 Å². The molecule has 2 bridgehead atoms. The van der Waals surface area contributed by atoms with Crippen LogP contribution in [0, 0.1) is 11.3 Å². The van der Waals surface area contributed by atoms with E-state index in [9.17, 15) is 9.90 Å². The Bertz CT molecular complexity index is 860. The van der Waals surface area contributed by atoms with Crippen molar-refractivity contribution < 1.29 is 14.6 Å². The SMILES string of the molecule is C/C=C1\CN2CCC1C(CO)(C(=O)OC)C1N=c3ccccc3=C1C2. The molecule has 4 aliphatic rings. The molecule has 1 aromatic rings. The number of ether oxygens (including phenoxy) is 1. The van der Waals surface area contributed by atoms with Crippen LogP contribution in [0.4, 0.5) is 0 Å². The van der Waals surface area contributed by atoms with Gasteiger partial charge in [-0.15, -0.1) is 0 Å². The Morgan fingerprint density at radius 2 is 2.24 bits per heavy atom. The lowest BCUT2D eigenvalue weighted by atomic mass is 9.62. The number of rotatable bonds is 2. The summed E-state index contributed by atoms with van der Waals surface area (Å²) in [5, 5.41) is 12.5. The highest BCUT2D eigenvalue weighted by Crippen LogP contribution is 2.48. The Morgan fingerprint density at radius 1 is 1.44 bits per heavy atom. The highest BCUT2D eigenvalue weighted by Gasteiger charge is 2.57. The Hall–Kier alpha value is -1.98. The average Bonchev–Trinajstić information content (AvgIpc) is 2.99. The Kier molecular flexibility index (Phi) is 4.01. The second-order valence-corrected chi connectivity index (χ2v) is 7.18. The van der Waals surface area contributed by atoms with Crippen molar-refractivity contribution in [2.45, 2.75) is 19.4 Å². The van der Waals surface area contributed by atoms with Crippen molar-refractivity contribution in [2.75, 3.05) is 33.4 Å². The molecule has 1 N–H and O–H groups in total. The second kappa shape index (κ2) is 6.07. The molecule has 132 valence electrons. The fraction of sp³-hybridized carbons (Fsp3) is 0.500. The summed E-state index contributed by atoms with van der Waals surface area (Å²) in [4.78, 5) is 20.4. The lowest BCUT2D eigenvalue weighted by Crippen LogP contribution is -2.58. The van der Waals surface area contributed by atoms with E-state index in [-0.39, 0.29) is 24.5 Å². The van der Waals surface area contributed by atoms with Gasteiger partial charge >= 0.3 is 5.97 Å². The number of para-hydroxylation sites is 1. The molecule has 25 heavy (non-hydrogen) atoms. The number of hydrogen-bond donors (Lipinski definition) is 1. The first-order chi connectivity index (χ1) is 12.2. The summed E-state index contributed by atoms with van der Waals surface area (Å²) >= 11 is 0. The Balaban J connectivity index is 2.01. The highest BCUT2D eigenvalue weighted by atomic mass is 16.5. The molecule has 5 nitrogen and oxygen atoms in total. The molecule has 4 heterocycles. The summed E-state index contributed by atoms with van der Waals surface area (Å²) in [7, 11) is 1.41. The van der Waals surface area contributed by atoms with Crippen molar-refractivity contribution in [1.29, 1.82) is 0 Å². The molecule has 0 amide bonds. The van der Waals surface area contributed by atoms with Crippen LogP contribution in [0.2, 0.25) is 0 Å². The third-order valence-electron chi connectivity index (χ3n) is 6.14. The molecule has 3 saturated heterocycles. The van der Waals surface area contributed by atoms with E-state index < -0.39 is 5.41 Å². The number of piperidine rings is 1. The van der Waals surface area contributed by atoms with Crippen molar-refractivity contribution >= 4 is 11.5 Å². The van der Waals surface area contributed by atoms with Gasteiger partial charge in [-0.2, -0.15) is 0 Å². The molecule has 4 atom stereocenters. The number of carbonyl (C=O) groups is 1. The second-order valence-electron chi connectivity index (χ2n) is 7.18. The smallest absolute Gasteiger partial charge is 0.317 e. The molecule has 5 rings (SSSR count). The lowest BCUT2D eigenvalue weighted by Gasteiger charge is -2.49. The van der Waals surface area contributed by atoms with Crippen molar-refractivity contribution in [3.05, 3.63) is 46.5 Å². The van der Waals surface area contributed by atoms with Gasteiger partial charge in [0.2, 0.25) is 0 Å². The minimum atomic E-state index is -1.04. The van der Waals surface area contributed by atoms with Crippen LogP contribution in [0.1, 0.15) is 13.3 Å². The number of allylic oxidation sites excluding steroid dienone is 1. The summed E-state index contributed by atoms with van der Waals surface area (Å²) in [6.07, 6.45) is 2.93. The van der Waals surface area contributed by atoms with Gasteiger partial charge in [0.05, 0.1) is 25.1 Å². The first-order valence-corrected chi connectivity index (χ1v) is 8.88. The van der Waals surface area contributed by atoms with E-state index in [2.05, 4.69) is 17.0 Å². The molecular weight excluding hydrogens is 316 g/mol. The van der Waals surface area contributed by atoms with E-state index in [0.717, 1.165) is 42.2 Å². The fourth-order valence-electron chi connectivity index (χ4n) is 4.92. The largest absolute Gasteiger partial charge is 0.468 e. The van der Waals surface area contributed by atoms with Crippen LogP contribution < -0.4 is 10.6 Å².